The fourth-order valence-electron chi connectivity index (χ4n) is 1.73. The van der Waals surface area contributed by atoms with Crippen LogP contribution in [0.4, 0.5) is 0 Å². The number of hydrogen-bond donors (Lipinski definition) is 2. The largest absolute Gasteiger partial charge is 0.349 e. The maximum absolute atomic E-state index is 11.6. The van der Waals surface area contributed by atoms with Crippen LogP contribution < -0.4 is 10.6 Å². The molecule has 1 fully saturated rings. The van der Waals surface area contributed by atoms with Crippen LogP contribution in [0, 0.1) is 11.3 Å². The molecule has 0 atom stereocenters. The summed E-state index contributed by atoms with van der Waals surface area (Å²) in [5.41, 5.74) is 5.36. The maximum Gasteiger partial charge on any atom is 0.341 e. The van der Waals surface area contributed by atoms with Crippen molar-refractivity contribution in [2.24, 2.45) is 11.7 Å². The van der Waals surface area contributed by atoms with Crippen molar-refractivity contribution in [2.45, 2.75) is 12.8 Å². The lowest BCUT2D eigenvalue weighted by Crippen LogP contribution is -2.49. The number of likely N-dealkylation sites (tertiary alicyclic amines) is 1. The van der Waals surface area contributed by atoms with Crippen molar-refractivity contribution in [3.8, 4) is 0 Å². The van der Waals surface area contributed by atoms with Crippen LogP contribution in [-0.4, -0.2) is 44.0 Å². The molecule has 1 aliphatic heterocycles. The maximum atomic E-state index is 11.6. The molecular weight excluding hydrogens is 180 g/mol. The summed E-state index contributed by atoms with van der Waals surface area (Å²) in [5, 5.41) is 7.25. The number of amides is 1. The number of hydrogen-bond acceptors (Lipinski definition) is 2. The first-order valence-electron chi connectivity index (χ1n) is 4.82. The van der Waals surface area contributed by atoms with E-state index in [-0.39, 0.29) is 17.8 Å². The SMILES string of the molecule is CN(C)C(=O)C1CC[N+](C(=N)N)CC1. The van der Waals surface area contributed by atoms with Crippen LogP contribution in [0.2, 0.25) is 0 Å². The highest BCUT2D eigenvalue weighted by Gasteiger charge is 2.32. The van der Waals surface area contributed by atoms with Gasteiger partial charge in [-0.25, -0.2) is 5.41 Å². The molecule has 0 aromatic heterocycles. The molecule has 1 saturated heterocycles. The third-order valence-corrected chi connectivity index (χ3v) is 2.63. The average Bonchev–Trinajstić information content (AvgIpc) is 2.16. The van der Waals surface area contributed by atoms with Gasteiger partial charge in [-0.05, 0) is 0 Å². The van der Waals surface area contributed by atoms with E-state index in [1.165, 1.54) is 0 Å². The molecule has 5 heteroatoms. The Morgan fingerprint density at radius 1 is 1.43 bits per heavy atom. The molecule has 1 radical (unpaired) electrons. The molecule has 14 heavy (non-hydrogen) atoms. The molecular formula is C9H18N4O+. The van der Waals surface area contributed by atoms with E-state index < -0.39 is 0 Å². The average molecular weight is 198 g/mol. The quantitative estimate of drug-likeness (QED) is 0.339. The molecule has 0 saturated carbocycles. The normalized spacial score (nSPS) is 19.3. The summed E-state index contributed by atoms with van der Waals surface area (Å²) in [6.07, 6.45) is 1.60. The molecule has 0 unspecified atom stereocenters. The second kappa shape index (κ2) is 4.41. The van der Waals surface area contributed by atoms with Crippen LogP contribution in [0.5, 0.6) is 0 Å². The van der Waals surface area contributed by atoms with E-state index in [9.17, 15) is 4.79 Å². The lowest BCUT2D eigenvalue weighted by atomic mass is 9.96. The highest BCUT2D eigenvalue weighted by Crippen LogP contribution is 2.16. The molecule has 0 bridgehead atoms. The van der Waals surface area contributed by atoms with Crippen LogP contribution in [0.1, 0.15) is 12.8 Å². The van der Waals surface area contributed by atoms with E-state index in [4.69, 9.17) is 11.1 Å². The molecule has 0 aromatic carbocycles. The Balaban J connectivity index is 2.43. The number of piperidine rings is 1. The van der Waals surface area contributed by atoms with Gasteiger partial charge in [0.15, 0.2) is 0 Å². The Labute approximate surface area is 84.4 Å². The monoisotopic (exact) mass is 198 g/mol. The summed E-state index contributed by atoms with van der Waals surface area (Å²) in [7, 11) is 3.55. The van der Waals surface area contributed by atoms with Gasteiger partial charge in [0, 0.05) is 32.9 Å². The molecule has 1 amide bonds. The van der Waals surface area contributed by atoms with Gasteiger partial charge in [-0.15, -0.1) is 4.90 Å². The summed E-state index contributed by atoms with van der Waals surface area (Å²) >= 11 is 0. The van der Waals surface area contributed by atoms with Crippen molar-refractivity contribution >= 4 is 11.9 Å². The highest BCUT2D eigenvalue weighted by atomic mass is 16.2. The smallest absolute Gasteiger partial charge is 0.341 e. The topological polar surface area (TPSA) is 76.1 Å². The fraction of sp³-hybridized carbons (Fsp3) is 0.778. The summed E-state index contributed by atoms with van der Waals surface area (Å²) in [4.78, 5) is 15.0. The molecule has 0 spiro atoms. The number of rotatable bonds is 1. The minimum atomic E-state index is 0.112. The predicted molar refractivity (Wildman–Crippen MR) is 55.2 cm³/mol. The van der Waals surface area contributed by atoms with Crippen LogP contribution in [-0.2, 0) is 4.79 Å². The van der Waals surface area contributed by atoms with Gasteiger partial charge in [0.2, 0.25) is 5.91 Å². The zero-order valence-corrected chi connectivity index (χ0v) is 8.79. The van der Waals surface area contributed by atoms with Gasteiger partial charge in [-0.3, -0.25) is 4.79 Å². The second-order valence-corrected chi connectivity index (χ2v) is 3.88. The molecule has 1 aliphatic rings. The van der Waals surface area contributed by atoms with E-state index in [0.29, 0.717) is 0 Å². The van der Waals surface area contributed by atoms with E-state index in [2.05, 4.69) is 0 Å². The summed E-state index contributed by atoms with van der Waals surface area (Å²) in [6, 6.07) is 0. The minimum absolute atomic E-state index is 0.112. The van der Waals surface area contributed by atoms with Gasteiger partial charge in [-0.2, -0.15) is 0 Å². The van der Waals surface area contributed by atoms with Crippen molar-refractivity contribution in [3.63, 3.8) is 0 Å². The lowest BCUT2D eigenvalue weighted by molar-refractivity contribution is -0.133. The van der Waals surface area contributed by atoms with Crippen molar-refractivity contribution in [1.29, 1.82) is 5.41 Å². The third kappa shape index (κ3) is 2.45. The number of nitrogens with zero attached hydrogens (tertiary/aromatic N) is 2. The molecule has 3 N–H and O–H groups in total. The molecule has 0 aromatic rings. The van der Waals surface area contributed by atoms with Crippen LogP contribution >= 0.6 is 0 Å². The highest BCUT2D eigenvalue weighted by molar-refractivity contribution is 5.80. The first kappa shape index (κ1) is 11.0. The number of nitrogens with two attached hydrogens (primary N) is 1. The van der Waals surface area contributed by atoms with Gasteiger partial charge in [0.25, 0.3) is 0 Å². The number of carbonyl (C=O) groups excluding carboxylic acids is 1. The third-order valence-electron chi connectivity index (χ3n) is 2.63. The molecule has 0 aliphatic carbocycles. The van der Waals surface area contributed by atoms with Crippen molar-refractivity contribution in [2.75, 3.05) is 27.2 Å². The van der Waals surface area contributed by atoms with Crippen LogP contribution in [0.3, 0.4) is 0 Å². The van der Waals surface area contributed by atoms with E-state index in [1.807, 2.05) is 0 Å². The zero-order valence-electron chi connectivity index (χ0n) is 8.79. The molecule has 1 rings (SSSR count). The second-order valence-electron chi connectivity index (χ2n) is 3.88. The zero-order chi connectivity index (χ0) is 10.7. The van der Waals surface area contributed by atoms with E-state index in [1.54, 1.807) is 23.9 Å². The standard InChI is InChI=1S/C9H18N4O/c1-12(2)8(14)7-3-5-13(6-4-7)9(10)11/h7H,3-6H2,1-2H3,(H3,10,11)/q+1. The van der Waals surface area contributed by atoms with Gasteiger partial charge in [0.1, 0.15) is 13.1 Å². The summed E-state index contributed by atoms with van der Waals surface area (Å²) < 4.78 is 0. The predicted octanol–water partition coefficient (Wildman–Crippen LogP) is -0.482. The van der Waals surface area contributed by atoms with Gasteiger partial charge < -0.3 is 10.6 Å². The Hall–Kier alpha value is -1.10. The first-order chi connectivity index (χ1) is 6.52. The van der Waals surface area contributed by atoms with Crippen molar-refractivity contribution in [3.05, 3.63) is 0 Å². The fourth-order valence-corrected chi connectivity index (χ4v) is 1.73. The van der Waals surface area contributed by atoms with Crippen LogP contribution in [0.25, 0.3) is 0 Å². The van der Waals surface area contributed by atoms with Crippen molar-refractivity contribution < 1.29 is 4.79 Å². The van der Waals surface area contributed by atoms with Gasteiger partial charge in [0.05, 0.1) is 0 Å². The van der Waals surface area contributed by atoms with Gasteiger partial charge in [-0.1, -0.05) is 0 Å². The molecule has 5 nitrogen and oxygen atoms in total. The Morgan fingerprint density at radius 2 is 1.93 bits per heavy atom. The Morgan fingerprint density at radius 3 is 2.29 bits per heavy atom. The number of guanidine groups is 1. The van der Waals surface area contributed by atoms with E-state index in [0.717, 1.165) is 25.9 Å². The van der Waals surface area contributed by atoms with E-state index >= 15 is 0 Å². The number of carbonyl (C=O) groups is 1. The first-order valence-corrected chi connectivity index (χ1v) is 4.82. The minimum Gasteiger partial charge on any atom is -0.349 e. The Bertz CT molecular complexity index is 231. The summed E-state index contributed by atoms with van der Waals surface area (Å²) in [6.45, 7) is 1.44. The number of nitrogens with one attached hydrogen (secondary N) is 1. The molecule has 79 valence electrons. The Kier molecular flexibility index (Phi) is 3.46. The lowest BCUT2D eigenvalue weighted by Gasteiger charge is -2.24. The molecule has 1 heterocycles. The van der Waals surface area contributed by atoms with Crippen molar-refractivity contribution in [1.82, 2.24) is 9.80 Å². The van der Waals surface area contributed by atoms with Crippen LogP contribution in [0.15, 0.2) is 0 Å². The summed E-state index contributed by atoms with van der Waals surface area (Å²) in [5.74, 6) is 0.412. The van der Waals surface area contributed by atoms with Gasteiger partial charge >= 0.3 is 5.96 Å².